The Kier molecular flexibility index (Phi) is 5.74. The quantitative estimate of drug-likeness (QED) is 0.603. The molecule has 5 heteroatoms. The molecule has 6 aliphatic rings. The molecule has 5 nitrogen and oxygen atoms in total. The van der Waals surface area contributed by atoms with E-state index in [1.807, 2.05) is 0 Å². The maximum atomic E-state index is 12.4. The van der Waals surface area contributed by atoms with Gasteiger partial charge in [-0.3, -0.25) is 0 Å². The van der Waals surface area contributed by atoms with Crippen LogP contribution in [0.1, 0.15) is 84.5 Å². The van der Waals surface area contributed by atoms with Crippen LogP contribution in [0.5, 0.6) is 0 Å². The second kappa shape index (κ2) is 8.31. The largest absolute Gasteiger partial charge is 0.458 e. The summed E-state index contributed by atoms with van der Waals surface area (Å²) in [5, 5.41) is 15.9. The van der Waals surface area contributed by atoms with Gasteiger partial charge in [0.15, 0.2) is 0 Å². The molecular weight excluding hydrogens is 424 g/mol. The lowest BCUT2D eigenvalue weighted by molar-refractivity contribution is -0.206. The minimum Gasteiger partial charge on any atom is -0.458 e. The summed E-state index contributed by atoms with van der Waals surface area (Å²) in [6.07, 6.45) is 15.0. The van der Waals surface area contributed by atoms with Gasteiger partial charge in [0, 0.05) is 23.6 Å². The maximum absolute atomic E-state index is 12.4. The van der Waals surface area contributed by atoms with Crippen LogP contribution in [0.15, 0.2) is 11.6 Å². The van der Waals surface area contributed by atoms with Crippen LogP contribution < -0.4 is 5.32 Å². The van der Waals surface area contributed by atoms with Crippen molar-refractivity contribution in [2.75, 3.05) is 26.7 Å². The molecule has 0 radical (unpaired) electrons. The molecule has 0 aromatic heterocycles. The summed E-state index contributed by atoms with van der Waals surface area (Å²) in [4.78, 5) is 14.5. The lowest BCUT2D eigenvalue weighted by Crippen LogP contribution is -2.63. The van der Waals surface area contributed by atoms with E-state index in [1.165, 1.54) is 64.5 Å². The Labute approximate surface area is 206 Å². The van der Waals surface area contributed by atoms with Gasteiger partial charge in [-0.25, -0.2) is 4.79 Å². The van der Waals surface area contributed by atoms with Crippen molar-refractivity contribution in [2.45, 2.75) is 102 Å². The Bertz CT molecular complexity index is 852. The number of hydrogen-bond acceptors (Lipinski definition) is 5. The summed E-state index contributed by atoms with van der Waals surface area (Å²) in [5.41, 5.74) is 0.797. The van der Waals surface area contributed by atoms with Gasteiger partial charge in [-0.2, -0.15) is 0 Å². The Morgan fingerprint density at radius 1 is 0.971 bits per heavy atom. The zero-order chi connectivity index (χ0) is 23.7. The molecule has 0 bridgehead atoms. The number of aliphatic hydroxyl groups is 1. The van der Waals surface area contributed by atoms with Crippen molar-refractivity contribution in [3.05, 3.63) is 11.6 Å². The molecule has 2 heterocycles. The third kappa shape index (κ3) is 3.32. The molecule has 6 rings (SSSR count). The van der Waals surface area contributed by atoms with Crippen molar-refractivity contribution in [1.29, 1.82) is 0 Å². The zero-order valence-electron chi connectivity index (χ0n) is 21.7. The predicted molar refractivity (Wildman–Crippen MR) is 133 cm³/mol. The number of nitrogens with zero attached hydrogens (tertiary/aromatic N) is 1. The smallest absolute Gasteiger partial charge is 0.331 e. The number of cyclic esters (lactones) is 1. The SMILES string of the molecule is CN(C1CCNCC1)[C@H]1CC[C@@]2(C)[C@H](CC[C@@H]3[C@@H]2CC[C@]2(C)[C@@H](C4=CC(=O)OC4)CC[C@]32O)C1. The molecule has 0 unspecified atom stereocenters. The molecule has 190 valence electrons. The molecule has 4 aliphatic carbocycles. The molecule has 0 amide bonds. The normalized spacial score (nSPS) is 49.3. The van der Waals surface area contributed by atoms with Gasteiger partial charge < -0.3 is 20.1 Å². The van der Waals surface area contributed by atoms with Crippen LogP contribution in [0.4, 0.5) is 0 Å². The average Bonchev–Trinajstić information content (AvgIpc) is 3.38. The molecule has 2 aliphatic heterocycles. The molecule has 5 fully saturated rings. The summed E-state index contributed by atoms with van der Waals surface area (Å²) in [5.74, 6) is 1.95. The highest BCUT2D eigenvalue weighted by molar-refractivity contribution is 5.85. The van der Waals surface area contributed by atoms with Crippen LogP contribution in [-0.2, 0) is 9.53 Å². The molecule has 8 atom stereocenters. The Morgan fingerprint density at radius 2 is 1.76 bits per heavy atom. The number of esters is 1. The highest BCUT2D eigenvalue weighted by Gasteiger charge is 2.67. The second-order valence-electron chi connectivity index (χ2n) is 13.4. The van der Waals surface area contributed by atoms with E-state index in [4.69, 9.17) is 4.74 Å². The van der Waals surface area contributed by atoms with E-state index < -0.39 is 5.60 Å². The fourth-order valence-corrected chi connectivity index (χ4v) is 10.3. The lowest BCUT2D eigenvalue weighted by atomic mass is 9.43. The number of rotatable bonds is 3. The fourth-order valence-electron chi connectivity index (χ4n) is 10.3. The van der Waals surface area contributed by atoms with Crippen LogP contribution in [0.3, 0.4) is 0 Å². The van der Waals surface area contributed by atoms with E-state index in [-0.39, 0.29) is 11.4 Å². The van der Waals surface area contributed by atoms with E-state index in [2.05, 4.69) is 31.1 Å². The van der Waals surface area contributed by atoms with Crippen molar-refractivity contribution in [2.24, 2.45) is 34.5 Å². The third-order valence-corrected chi connectivity index (χ3v) is 12.4. The molecule has 4 saturated carbocycles. The van der Waals surface area contributed by atoms with Gasteiger partial charge >= 0.3 is 5.97 Å². The molecule has 34 heavy (non-hydrogen) atoms. The first kappa shape index (κ1) is 23.5. The number of piperidine rings is 1. The first-order chi connectivity index (χ1) is 16.3. The van der Waals surface area contributed by atoms with Crippen molar-refractivity contribution >= 4 is 5.97 Å². The van der Waals surface area contributed by atoms with Gasteiger partial charge in [-0.15, -0.1) is 0 Å². The Balaban J connectivity index is 1.20. The number of nitrogens with one attached hydrogen (secondary N) is 1. The van der Waals surface area contributed by atoms with Gasteiger partial charge in [0.25, 0.3) is 0 Å². The molecule has 0 spiro atoms. The number of ether oxygens (including phenoxy) is 1. The first-order valence-electron chi connectivity index (χ1n) is 14.3. The number of carbonyl (C=O) groups excluding carboxylic acids is 1. The van der Waals surface area contributed by atoms with Gasteiger partial charge in [0.1, 0.15) is 6.61 Å². The molecule has 0 aromatic rings. The summed E-state index contributed by atoms with van der Waals surface area (Å²) < 4.78 is 5.28. The topological polar surface area (TPSA) is 61.8 Å². The number of fused-ring (bicyclic) bond motifs is 5. The molecule has 2 N–H and O–H groups in total. The van der Waals surface area contributed by atoms with E-state index in [0.29, 0.717) is 29.8 Å². The van der Waals surface area contributed by atoms with Gasteiger partial charge in [-0.05, 0) is 125 Å². The summed E-state index contributed by atoms with van der Waals surface area (Å²) in [7, 11) is 2.40. The first-order valence-corrected chi connectivity index (χ1v) is 14.3. The highest BCUT2D eigenvalue weighted by atomic mass is 16.5. The molecular formula is C29H46N2O3. The van der Waals surface area contributed by atoms with Crippen LogP contribution in [0, 0.1) is 34.5 Å². The van der Waals surface area contributed by atoms with E-state index in [0.717, 1.165) is 42.8 Å². The monoisotopic (exact) mass is 470 g/mol. The third-order valence-electron chi connectivity index (χ3n) is 12.4. The van der Waals surface area contributed by atoms with Crippen molar-refractivity contribution in [3.63, 3.8) is 0 Å². The van der Waals surface area contributed by atoms with Crippen LogP contribution >= 0.6 is 0 Å². The van der Waals surface area contributed by atoms with Crippen molar-refractivity contribution in [1.82, 2.24) is 10.2 Å². The zero-order valence-corrected chi connectivity index (χ0v) is 21.7. The maximum Gasteiger partial charge on any atom is 0.331 e. The summed E-state index contributed by atoms with van der Waals surface area (Å²) in [6, 6.07) is 1.48. The standard InChI is InChI=1S/C29H46N2O3/c1-27-11-6-22(31(3)21-9-14-30-15-10-21)17-20(27)4-5-25-24(27)7-12-28(2)23(8-13-29(25,28)33)19-16-26(32)34-18-19/h16,20-25,30,33H,4-15,17-18H2,1-3H3/t20-,22+,23-,24+,25-,27+,28-,29+/m1/s1. The minimum atomic E-state index is -0.593. The van der Waals surface area contributed by atoms with E-state index in [1.54, 1.807) is 6.08 Å². The summed E-state index contributed by atoms with van der Waals surface area (Å²) >= 11 is 0. The van der Waals surface area contributed by atoms with Crippen LogP contribution in [0.2, 0.25) is 0 Å². The van der Waals surface area contributed by atoms with E-state index >= 15 is 0 Å². The molecule has 0 aromatic carbocycles. The predicted octanol–water partition coefficient (Wildman–Crippen LogP) is 4.30. The highest BCUT2D eigenvalue weighted by Crippen LogP contribution is 2.70. The van der Waals surface area contributed by atoms with Crippen LogP contribution in [-0.4, -0.2) is 60.4 Å². The molecule has 1 saturated heterocycles. The average molecular weight is 471 g/mol. The Hall–Kier alpha value is -0.910. The van der Waals surface area contributed by atoms with Gasteiger partial charge in [-0.1, -0.05) is 13.8 Å². The number of carbonyl (C=O) groups is 1. The van der Waals surface area contributed by atoms with Crippen LogP contribution in [0.25, 0.3) is 0 Å². The fraction of sp³-hybridized carbons (Fsp3) is 0.897. The minimum absolute atomic E-state index is 0.121. The van der Waals surface area contributed by atoms with Crippen molar-refractivity contribution < 1.29 is 14.6 Å². The second-order valence-corrected chi connectivity index (χ2v) is 13.4. The number of hydrogen-bond donors (Lipinski definition) is 2. The Morgan fingerprint density at radius 3 is 2.50 bits per heavy atom. The lowest BCUT2D eigenvalue weighted by Gasteiger charge is -2.64. The van der Waals surface area contributed by atoms with E-state index in [9.17, 15) is 9.90 Å². The van der Waals surface area contributed by atoms with Gasteiger partial charge in [0.05, 0.1) is 5.60 Å². The van der Waals surface area contributed by atoms with Crippen molar-refractivity contribution in [3.8, 4) is 0 Å². The summed E-state index contributed by atoms with van der Waals surface area (Å²) in [6.45, 7) is 7.71. The van der Waals surface area contributed by atoms with Gasteiger partial charge in [0.2, 0.25) is 0 Å².